The summed E-state index contributed by atoms with van der Waals surface area (Å²) in [5.41, 5.74) is 1.58. The summed E-state index contributed by atoms with van der Waals surface area (Å²) in [4.78, 5) is 13.2. The second-order valence-electron chi connectivity index (χ2n) is 7.70. The number of hydrogen-bond acceptors (Lipinski definition) is 6. The van der Waals surface area contributed by atoms with E-state index in [1.54, 1.807) is 25.1 Å². The van der Waals surface area contributed by atoms with E-state index in [4.69, 9.17) is 13.9 Å². The predicted octanol–water partition coefficient (Wildman–Crippen LogP) is 4.40. The molecule has 1 aromatic heterocycles. The lowest BCUT2D eigenvalue weighted by Gasteiger charge is -2.19. The number of amides is 1. The molecule has 1 fully saturated rings. The fourth-order valence-electron chi connectivity index (χ4n) is 3.95. The van der Waals surface area contributed by atoms with Gasteiger partial charge in [0, 0.05) is 36.3 Å². The molecule has 1 aliphatic rings. The molecule has 2 heterocycles. The van der Waals surface area contributed by atoms with Crippen molar-refractivity contribution in [2.75, 3.05) is 31.6 Å². The molecule has 3 aromatic rings. The molecule has 1 N–H and O–H groups in total. The highest BCUT2D eigenvalue weighted by atomic mass is 32.2. The highest BCUT2D eigenvalue weighted by molar-refractivity contribution is 7.89. The van der Waals surface area contributed by atoms with E-state index in [0.717, 1.165) is 18.2 Å². The number of anilines is 1. The first kappa shape index (κ1) is 23.3. The summed E-state index contributed by atoms with van der Waals surface area (Å²) in [6, 6.07) is 12.0. The van der Waals surface area contributed by atoms with E-state index < -0.39 is 15.9 Å². The Balaban J connectivity index is 1.67. The van der Waals surface area contributed by atoms with Crippen LogP contribution in [-0.4, -0.2) is 44.9 Å². The smallest absolute Gasteiger partial charge is 0.291 e. The summed E-state index contributed by atoms with van der Waals surface area (Å²) < 4.78 is 44.9. The lowest BCUT2D eigenvalue weighted by Crippen LogP contribution is -2.28. The normalized spacial score (nSPS) is 14.6. The Morgan fingerprint density at radius 2 is 1.85 bits per heavy atom. The minimum Gasteiger partial charge on any atom is -0.492 e. The number of hydrogen-bond donors (Lipinski definition) is 1. The van der Waals surface area contributed by atoms with Crippen LogP contribution in [0.5, 0.6) is 5.75 Å². The average Bonchev–Trinajstić information content (AvgIpc) is 3.48. The minimum atomic E-state index is -3.74. The fraction of sp³-hybridized carbons (Fsp3) is 0.375. The molecule has 1 saturated heterocycles. The molecule has 33 heavy (non-hydrogen) atoms. The van der Waals surface area contributed by atoms with Crippen molar-refractivity contribution in [2.24, 2.45) is 0 Å². The molecule has 4 rings (SSSR count). The third-order valence-corrected chi connectivity index (χ3v) is 7.46. The van der Waals surface area contributed by atoms with E-state index in [-0.39, 0.29) is 23.0 Å². The van der Waals surface area contributed by atoms with E-state index in [1.165, 1.54) is 10.4 Å². The van der Waals surface area contributed by atoms with Crippen molar-refractivity contribution in [3.63, 3.8) is 0 Å². The van der Waals surface area contributed by atoms with Crippen LogP contribution in [0.15, 0.2) is 51.8 Å². The first-order valence-electron chi connectivity index (χ1n) is 11.1. The van der Waals surface area contributed by atoms with Crippen molar-refractivity contribution in [1.29, 1.82) is 0 Å². The van der Waals surface area contributed by atoms with E-state index in [2.05, 4.69) is 5.32 Å². The number of rotatable bonds is 9. The van der Waals surface area contributed by atoms with E-state index in [9.17, 15) is 13.2 Å². The van der Waals surface area contributed by atoms with Crippen molar-refractivity contribution in [1.82, 2.24) is 4.31 Å². The van der Waals surface area contributed by atoms with Crippen molar-refractivity contribution >= 4 is 32.6 Å². The first-order valence-corrected chi connectivity index (χ1v) is 12.6. The number of fused-ring (bicyclic) bond motifs is 1. The van der Waals surface area contributed by atoms with Crippen LogP contribution in [0.3, 0.4) is 0 Å². The second-order valence-corrected chi connectivity index (χ2v) is 9.61. The van der Waals surface area contributed by atoms with Gasteiger partial charge in [0.05, 0.1) is 13.2 Å². The van der Waals surface area contributed by atoms with Crippen molar-refractivity contribution in [3.05, 3.63) is 53.8 Å². The van der Waals surface area contributed by atoms with Gasteiger partial charge in [-0.1, -0.05) is 18.2 Å². The number of carbonyl (C=O) groups excluding carboxylic acids is 1. The molecular formula is C24H28N2O6S. The van der Waals surface area contributed by atoms with Crippen LogP contribution >= 0.6 is 0 Å². The number of sulfonamides is 1. The van der Waals surface area contributed by atoms with Gasteiger partial charge in [-0.05, 0) is 51.0 Å². The Morgan fingerprint density at radius 1 is 1.09 bits per heavy atom. The minimum absolute atomic E-state index is 0.0446. The third kappa shape index (κ3) is 4.75. The lowest BCUT2D eigenvalue weighted by atomic mass is 10.1. The monoisotopic (exact) mass is 472 g/mol. The Kier molecular flexibility index (Phi) is 7.02. The largest absolute Gasteiger partial charge is 0.492 e. The van der Waals surface area contributed by atoms with Gasteiger partial charge in [0.1, 0.15) is 16.2 Å². The zero-order valence-electron chi connectivity index (χ0n) is 18.8. The Hall–Kier alpha value is -2.88. The number of nitrogens with zero attached hydrogens (tertiary/aromatic N) is 1. The molecule has 0 spiro atoms. The number of benzene rings is 2. The van der Waals surface area contributed by atoms with Crippen molar-refractivity contribution < 1.29 is 27.1 Å². The van der Waals surface area contributed by atoms with Gasteiger partial charge in [-0.25, -0.2) is 8.42 Å². The summed E-state index contributed by atoms with van der Waals surface area (Å²) in [7, 11) is -3.74. The lowest BCUT2D eigenvalue weighted by molar-refractivity contribution is 0.0984. The summed E-state index contributed by atoms with van der Waals surface area (Å²) in [5, 5.41) is 3.59. The van der Waals surface area contributed by atoms with E-state index in [0.29, 0.717) is 43.1 Å². The predicted molar refractivity (Wildman–Crippen MR) is 125 cm³/mol. The first-order chi connectivity index (χ1) is 16.0. The Morgan fingerprint density at radius 3 is 2.58 bits per heavy atom. The van der Waals surface area contributed by atoms with Crippen molar-refractivity contribution in [3.8, 4) is 5.75 Å². The topological polar surface area (TPSA) is 98.1 Å². The van der Waals surface area contributed by atoms with Gasteiger partial charge in [0.25, 0.3) is 5.91 Å². The molecule has 8 nitrogen and oxygen atoms in total. The van der Waals surface area contributed by atoms with Crippen LogP contribution in [0.25, 0.3) is 11.0 Å². The SMILES string of the molecule is CCOCc1c(C(=O)Nc2ccc(OCC)c(S(=O)(=O)N3CCCC3)c2)oc2ccccc12. The van der Waals surface area contributed by atoms with Gasteiger partial charge >= 0.3 is 0 Å². The molecular weight excluding hydrogens is 444 g/mol. The van der Waals surface area contributed by atoms with E-state index >= 15 is 0 Å². The Bertz CT molecular complexity index is 1250. The molecule has 0 atom stereocenters. The second kappa shape index (κ2) is 9.94. The molecule has 0 radical (unpaired) electrons. The van der Waals surface area contributed by atoms with Crippen LogP contribution in [0.4, 0.5) is 5.69 Å². The number of furan rings is 1. The standard InChI is InChI=1S/C24H28N2O6S/c1-3-30-16-19-18-9-5-6-10-20(18)32-23(19)24(27)25-17-11-12-21(31-4-2)22(15-17)33(28,29)26-13-7-8-14-26/h5-6,9-12,15H,3-4,7-8,13-14,16H2,1-2H3,(H,25,27). The molecule has 0 bridgehead atoms. The third-order valence-electron chi connectivity index (χ3n) is 5.54. The number of nitrogens with one attached hydrogen (secondary N) is 1. The van der Waals surface area contributed by atoms with Crippen LogP contribution in [0.2, 0.25) is 0 Å². The van der Waals surface area contributed by atoms with Crippen LogP contribution in [-0.2, 0) is 21.4 Å². The number of para-hydroxylation sites is 1. The van der Waals surface area contributed by atoms with Gasteiger partial charge in [0.15, 0.2) is 5.76 Å². The van der Waals surface area contributed by atoms with Gasteiger partial charge in [-0.15, -0.1) is 0 Å². The zero-order chi connectivity index (χ0) is 23.4. The maximum atomic E-state index is 13.2. The van der Waals surface area contributed by atoms with Crippen molar-refractivity contribution in [2.45, 2.75) is 38.2 Å². The number of ether oxygens (including phenoxy) is 2. The van der Waals surface area contributed by atoms with Crippen LogP contribution in [0.1, 0.15) is 42.8 Å². The van der Waals surface area contributed by atoms with Gasteiger partial charge < -0.3 is 19.2 Å². The Labute approximate surface area is 193 Å². The quantitative estimate of drug-likeness (QED) is 0.496. The summed E-state index contributed by atoms with van der Waals surface area (Å²) in [5.74, 6) is -0.0692. The summed E-state index contributed by atoms with van der Waals surface area (Å²) >= 11 is 0. The molecule has 176 valence electrons. The highest BCUT2D eigenvalue weighted by Crippen LogP contribution is 2.33. The molecule has 9 heteroatoms. The van der Waals surface area contributed by atoms with Gasteiger partial charge in [-0.3, -0.25) is 4.79 Å². The molecule has 2 aromatic carbocycles. The molecule has 1 amide bonds. The molecule has 0 saturated carbocycles. The van der Waals surface area contributed by atoms with Gasteiger partial charge in [-0.2, -0.15) is 4.31 Å². The maximum Gasteiger partial charge on any atom is 0.291 e. The zero-order valence-corrected chi connectivity index (χ0v) is 19.6. The van der Waals surface area contributed by atoms with Crippen LogP contribution < -0.4 is 10.1 Å². The number of carbonyl (C=O) groups is 1. The summed E-state index contributed by atoms with van der Waals surface area (Å²) in [6.07, 6.45) is 1.66. The fourth-order valence-corrected chi connectivity index (χ4v) is 5.62. The van der Waals surface area contributed by atoms with E-state index in [1.807, 2.05) is 25.1 Å². The molecule has 0 unspecified atom stereocenters. The summed E-state index contributed by atoms with van der Waals surface area (Å²) in [6.45, 7) is 5.68. The maximum absolute atomic E-state index is 13.2. The average molecular weight is 473 g/mol. The molecule has 1 aliphatic heterocycles. The highest BCUT2D eigenvalue weighted by Gasteiger charge is 2.31. The molecule has 0 aliphatic carbocycles. The van der Waals surface area contributed by atoms with Gasteiger partial charge in [0.2, 0.25) is 10.0 Å². The van der Waals surface area contributed by atoms with Crippen LogP contribution in [0, 0.1) is 0 Å².